The van der Waals surface area contributed by atoms with Crippen LogP contribution in [0.15, 0.2) is 24.3 Å². The zero-order chi connectivity index (χ0) is 11.0. The number of H-pyrrole nitrogens is 1. The summed E-state index contributed by atoms with van der Waals surface area (Å²) >= 11 is 0. The van der Waals surface area contributed by atoms with Crippen molar-refractivity contribution in [3.05, 3.63) is 35.5 Å². The van der Waals surface area contributed by atoms with E-state index in [4.69, 9.17) is 10.8 Å². The van der Waals surface area contributed by atoms with Crippen LogP contribution in [0.4, 0.5) is 0 Å². The zero-order valence-corrected chi connectivity index (χ0v) is 8.32. The third-order valence-corrected chi connectivity index (χ3v) is 2.40. The monoisotopic (exact) mass is 204 g/mol. The summed E-state index contributed by atoms with van der Waals surface area (Å²) in [5.41, 5.74) is 8.19. The van der Waals surface area contributed by atoms with Gasteiger partial charge in [-0.15, -0.1) is 0 Å². The van der Waals surface area contributed by atoms with E-state index in [-0.39, 0.29) is 0 Å². The van der Waals surface area contributed by atoms with Crippen molar-refractivity contribution >= 4 is 16.9 Å². The molecule has 1 unspecified atom stereocenters. The Morgan fingerprint density at radius 1 is 1.47 bits per heavy atom. The van der Waals surface area contributed by atoms with Gasteiger partial charge in [-0.2, -0.15) is 0 Å². The number of aliphatic carboxylic acids is 1. The molecule has 0 saturated heterocycles. The quantitative estimate of drug-likeness (QED) is 0.694. The smallest absolute Gasteiger partial charge is 0.325 e. The SMILES string of the molecule is Cc1cc2cc(C(N)C(=O)O)ccc2[nH]1. The van der Waals surface area contributed by atoms with Crippen LogP contribution in [0.1, 0.15) is 17.3 Å². The van der Waals surface area contributed by atoms with Crippen molar-refractivity contribution in [3.63, 3.8) is 0 Å². The molecule has 4 nitrogen and oxygen atoms in total. The molecule has 4 heteroatoms. The number of aromatic nitrogens is 1. The minimum Gasteiger partial charge on any atom is -0.480 e. The van der Waals surface area contributed by atoms with Crippen LogP contribution in [0.3, 0.4) is 0 Å². The van der Waals surface area contributed by atoms with Crippen LogP contribution in [-0.4, -0.2) is 16.1 Å². The van der Waals surface area contributed by atoms with Gasteiger partial charge in [0.1, 0.15) is 6.04 Å². The second-order valence-corrected chi connectivity index (χ2v) is 3.61. The number of carbonyl (C=O) groups is 1. The van der Waals surface area contributed by atoms with Crippen molar-refractivity contribution in [3.8, 4) is 0 Å². The molecule has 1 aromatic heterocycles. The molecular formula is C11H12N2O2. The van der Waals surface area contributed by atoms with E-state index in [1.807, 2.05) is 19.1 Å². The molecule has 4 N–H and O–H groups in total. The maximum Gasteiger partial charge on any atom is 0.325 e. The Morgan fingerprint density at radius 3 is 2.87 bits per heavy atom. The zero-order valence-electron chi connectivity index (χ0n) is 8.32. The van der Waals surface area contributed by atoms with Crippen LogP contribution in [-0.2, 0) is 4.79 Å². The average Bonchev–Trinajstić information content (AvgIpc) is 2.55. The normalized spacial score (nSPS) is 12.9. The van der Waals surface area contributed by atoms with Gasteiger partial charge in [-0.3, -0.25) is 4.79 Å². The molecule has 1 atom stereocenters. The first-order valence-electron chi connectivity index (χ1n) is 4.65. The first kappa shape index (κ1) is 9.73. The summed E-state index contributed by atoms with van der Waals surface area (Å²) in [5, 5.41) is 9.77. The molecule has 0 radical (unpaired) electrons. The molecule has 0 bridgehead atoms. The number of carboxylic acids is 1. The number of aryl methyl sites for hydroxylation is 1. The fourth-order valence-electron chi connectivity index (χ4n) is 1.63. The molecule has 15 heavy (non-hydrogen) atoms. The minimum absolute atomic E-state index is 0.619. The fraction of sp³-hybridized carbons (Fsp3) is 0.182. The van der Waals surface area contributed by atoms with Crippen molar-refractivity contribution in [1.82, 2.24) is 4.98 Å². The first-order valence-corrected chi connectivity index (χ1v) is 4.65. The number of hydrogen-bond donors (Lipinski definition) is 3. The number of aromatic amines is 1. The van der Waals surface area contributed by atoms with Gasteiger partial charge < -0.3 is 15.8 Å². The molecule has 0 aliphatic carbocycles. The van der Waals surface area contributed by atoms with Crippen LogP contribution in [0.2, 0.25) is 0 Å². The van der Waals surface area contributed by atoms with Crippen LogP contribution in [0.25, 0.3) is 10.9 Å². The minimum atomic E-state index is -1.01. The van der Waals surface area contributed by atoms with Crippen LogP contribution < -0.4 is 5.73 Å². The predicted molar refractivity (Wildman–Crippen MR) is 57.6 cm³/mol. The van der Waals surface area contributed by atoms with Crippen molar-refractivity contribution in [2.24, 2.45) is 5.73 Å². The summed E-state index contributed by atoms with van der Waals surface area (Å²) < 4.78 is 0. The Hall–Kier alpha value is -1.81. The topological polar surface area (TPSA) is 79.1 Å². The fourth-order valence-corrected chi connectivity index (χ4v) is 1.63. The Bertz CT molecular complexity index is 516. The number of benzene rings is 1. The highest BCUT2D eigenvalue weighted by molar-refractivity contribution is 5.83. The van der Waals surface area contributed by atoms with Crippen LogP contribution >= 0.6 is 0 Å². The Kier molecular flexibility index (Phi) is 2.21. The second-order valence-electron chi connectivity index (χ2n) is 3.61. The van der Waals surface area contributed by atoms with Gasteiger partial charge in [0.05, 0.1) is 0 Å². The number of fused-ring (bicyclic) bond motifs is 1. The van der Waals surface area contributed by atoms with E-state index in [0.717, 1.165) is 16.6 Å². The van der Waals surface area contributed by atoms with Gasteiger partial charge in [-0.1, -0.05) is 6.07 Å². The Labute approximate surface area is 86.7 Å². The highest BCUT2D eigenvalue weighted by atomic mass is 16.4. The average molecular weight is 204 g/mol. The van der Waals surface area contributed by atoms with Gasteiger partial charge in [0, 0.05) is 11.2 Å². The summed E-state index contributed by atoms with van der Waals surface area (Å²) in [6, 6.07) is 6.40. The highest BCUT2D eigenvalue weighted by Crippen LogP contribution is 2.20. The Balaban J connectivity index is 2.50. The molecule has 0 aliphatic heterocycles. The predicted octanol–water partition coefficient (Wildman–Crippen LogP) is 1.56. The maximum atomic E-state index is 10.7. The molecule has 2 rings (SSSR count). The van der Waals surface area contributed by atoms with Crippen molar-refractivity contribution in [1.29, 1.82) is 0 Å². The standard InChI is InChI=1S/C11H12N2O2/c1-6-4-8-5-7(10(12)11(14)15)2-3-9(8)13-6/h2-5,10,13H,12H2,1H3,(H,14,15). The van der Waals surface area contributed by atoms with E-state index in [9.17, 15) is 4.79 Å². The number of rotatable bonds is 2. The van der Waals surface area contributed by atoms with Crippen molar-refractivity contribution in [2.75, 3.05) is 0 Å². The number of hydrogen-bond acceptors (Lipinski definition) is 2. The summed E-state index contributed by atoms with van der Waals surface area (Å²) in [6.07, 6.45) is 0. The van der Waals surface area contributed by atoms with E-state index in [1.165, 1.54) is 0 Å². The van der Waals surface area contributed by atoms with E-state index < -0.39 is 12.0 Å². The maximum absolute atomic E-state index is 10.7. The van der Waals surface area contributed by atoms with Crippen LogP contribution in [0.5, 0.6) is 0 Å². The third-order valence-electron chi connectivity index (χ3n) is 2.40. The molecule has 0 saturated carbocycles. The summed E-state index contributed by atoms with van der Waals surface area (Å²) in [5.74, 6) is -1.01. The van der Waals surface area contributed by atoms with Crippen LogP contribution in [0, 0.1) is 6.92 Å². The van der Waals surface area contributed by atoms with Gasteiger partial charge in [-0.05, 0) is 36.1 Å². The molecule has 0 spiro atoms. The van der Waals surface area contributed by atoms with E-state index in [0.29, 0.717) is 5.56 Å². The van der Waals surface area contributed by atoms with E-state index >= 15 is 0 Å². The van der Waals surface area contributed by atoms with E-state index in [1.54, 1.807) is 12.1 Å². The molecule has 1 heterocycles. The molecule has 78 valence electrons. The second kappa shape index (κ2) is 3.40. The van der Waals surface area contributed by atoms with Gasteiger partial charge in [0.15, 0.2) is 0 Å². The molecular weight excluding hydrogens is 192 g/mol. The summed E-state index contributed by atoms with van der Waals surface area (Å²) in [7, 11) is 0. The molecule has 0 fully saturated rings. The molecule has 1 aromatic carbocycles. The molecule has 2 aromatic rings. The lowest BCUT2D eigenvalue weighted by atomic mass is 10.1. The van der Waals surface area contributed by atoms with Crippen molar-refractivity contribution in [2.45, 2.75) is 13.0 Å². The van der Waals surface area contributed by atoms with E-state index in [2.05, 4.69) is 4.98 Å². The first-order chi connectivity index (χ1) is 7.08. The third kappa shape index (κ3) is 1.71. The van der Waals surface area contributed by atoms with Gasteiger partial charge in [0.25, 0.3) is 0 Å². The highest BCUT2D eigenvalue weighted by Gasteiger charge is 2.14. The number of nitrogens with one attached hydrogen (secondary N) is 1. The Morgan fingerprint density at radius 2 is 2.20 bits per heavy atom. The number of carboxylic acid groups (broad SMARTS) is 1. The van der Waals surface area contributed by atoms with Crippen molar-refractivity contribution < 1.29 is 9.90 Å². The lowest BCUT2D eigenvalue weighted by Crippen LogP contribution is -2.20. The largest absolute Gasteiger partial charge is 0.480 e. The molecule has 0 amide bonds. The molecule has 0 aliphatic rings. The number of nitrogens with two attached hydrogens (primary N) is 1. The summed E-state index contributed by atoms with van der Waals surface area (Å²) in [6.45, 7) is 1.96. The summed E-state index contributed by atoms with van der Waals surface area (Å²) in [4.78, 5) is 13.9. The van der Waals surface area contributed by atoms with Gasteiger partial charge in [0.2, 0.25) is 0 Å². The lowest BCUT2D eigenvalue weighted by Gasteiger charge is -2.05. The lowest BCUT2D eigenvalue weighted by molar-refractivity contribution is -0.138. The van der Waals surface area contributed by atoms with Gasteiger partial charge in [-0.25, -0.2) is 0 Å². The van der Waals surface area contributed by atoms with Gasteiger partial charge >= 0.3 is 5.97 Å².